The molecule has 21 heavy (non-hydrogen) atoms. The van der Waals surface area contributed by atoms with Crippen molar-refractivity contribution < 1.29 is 9.00 Å². The van der Waals surface area contributed by atoms with Gasteiger partial charge in [-0.2, -0.15) is 0 Å². The summed E-state index contributed by atoms with van der Waals surface area (Å²) in [4.78, 5) is 16.2. The summed E-state index contributed by atoms with van der Waals surface area (Å²) in [6.07, 6.45) is 4.19. The topological polar surface area (TPSA) is 37.4 Å². The molecule has 0 atom stereocenters. The largest absolute Gasteiger partial charge is 0.340 e. The van der Waals surface area contributed by atoms with E-state index in [4.69, 9.17) is 0 Å². The van der Waals surface area contributed by atoms with E-state index in [1.165, 1.54) is 4.90 Å². The first kappa shape index (κ1) is 15.1. The van der Waals surface area contributed by atoms with Crippen LogP contribution in [0.4, 0.5) is 0 Å². The highest BCUT2D eigenvalue weighted by atomic mass is 32.2. The van der Waals surface area contributed by atoms with Crippen LogP contribution in [0.15, 0.2) is 35.2 Å². The van der Waals surface area contributed by atoms with Crippen LogP contribution in [0.3, 0.4) is 0 Å². The van der Waals surface area contributed by atoms with E-state index in [0.717, 1.165) is 25.7 Å². The smallest absolute Gasteiger partial charge is 0.239 e. The predicted octanol–water partition coefficient (Wildman–Crippen LogP) is 2.68. The summed E-state index contributed by atoms with van der Waals surface area (Å²) in [5.41, 5.74) is 0. The molecule has 3 rings (SSSR count). The summed E-state index contributed by atoms with van der Waals surface area (Å²) in [7, 11) is -0.731. The van der Waals surface area contributed by atoms with E-state index < -0.39 is 10.8 Å². The molecular weight excluding hydrogens is 302 g/mol. The van der Waals surface area contributed by atoms with Crippen LogP contribution in [0.2, 0.25) is 0 Å². The summed E-state index contributed by atoms with van der Waals surface area (Å²) < 4.78 is 11.2. The Morgan fingerprint density at radius 2 is 1.71 bits per heavy atom. The SMILES string of the molecule is O=C(N1CCS(=O)CC1)C1(Sc2ccccc2)CCCC1. The zero-order valence-corrected chi connectivity index (χ0v) is 13.8. The molecule has 2 aliphatic rings. The van der Waals surface area contributed by atoms with Gasteiger partial charge in [-0.05, 0) is 25.0 Å². The molecule has 5 heteroatoms. The number of nitrogens with zero attached hydrogens (tertiary/aromatic N) is 1. The van der Waals surface area contributed by atoms with Crippen molar-refractivity contribution in [1.82, 2.24) is 4.90 Å². The zero-order valence-electron chi connectivity index (χ0n) is 12.1. The number of hydrogen-bond acceptors (Lipinski definition) is 3. The monoisotopic (exact) mass is 323 g/mol. The highest BCUT2D eigenvalue weighted by Gasteiger charge is 2.44. The van der Waals surface area contributed by atoms with Crippen molar-refractivity contribution in [3.8, 4) is 0 Å². The normalized spacial score (nSPS) is 22.4. The molecule has 114 valence electrons. The summed E-state index contributed by atoms with van der Waals surface area (Å²) in [5.74, 6) is 1.54. The Balaban J connectivity index is 1.77. The minimum Gasteiger partial charge on any atom is -0.340 e. The van der Waals surface area contributed by atoms with Crippen molar-refractivity contribution in [1.29, 1.82) is 0 Å². The molecule has 0 bridgehead atoms. The summed E-state index contributed by atoms with van der Waals surface area (Å²) in [6.45, 7) is 1.31. The van der Waals surface area contributed by atoms with E-state index in [1.54, 1.807) is 11.8 Å². The molecule has 2 fully saturated rings. The third kappa shape index (κ3) is 3.34. The van der Waals surface area contributed by atoms with Crippen LogP contribution in [0.25, 0.3) is 0 Å². The number of carbonyl (C=O) groups is 1. The highest BCUT2D eigenvalue weighted by Crippen LogP contribution is 2.46. The molecule has 1 amide bonds. The van der Waals surface area contributed by atoms with Gasteiger partial charge in [0.2, 0.25) is 5.91 Å². The lowest BCUT2D eigenvalue weighted by Crippen LogP contribution is -2.50. The third-order valence-electron chi connectivity index (χ3n) is 4.32. The predicted molar refractivity (Wildman–Crippen MR) is 88.0 cm³/mol. The summed E-state index contributed by atoms with van der Waals surface area (Å²) >= 11 is 1.73. The minimum atomic E-state index is -0.731. The summed E-state index contributed by atoms with van der Waals surface area (Å²) in [6, 6.07) is 10.2. The van der Waals surface area contributed by atoms with Gasteiger partial charge in [0.05, 0.1) is 4.75 Å². The molecule has 0 radical (unpaired) electrons. The fraction of sp³-hybridized carbons (Fsp3) is 0.562. The van der Waals surface area contributed by atoms with Crippen LogP contribution in [0.5, 0.6) is 0 Å². The van der Waals surface area contributed by atoms with Crippen molar-refractivity contribution in [2.45, 2.75) is 35.3 Å². The van der Waals surface area contributed by atoms with Crippen LogP contribution in [0.1, 0.15) is 25.7 Å². The molecule has 1 aliphatic heterocycles. The maximum Gasteiger partial charge on any atom is 0.239 e. The minimum absolute atomic E-state index is 0.269. The maximum atomic E-state index is 13.0. The van der Waals surface area contributed by atoms with Gasteiger partial charge in [-0.3, -0.25) is 9.00 Å². The average Bonchev–Trinajstić information content (AvgIpc) is 2.98. The number of carbonyl (C=O) groups excluding carboxylic acids is 1. The number of thioether (sulfide) groups is 1. The second-order valence-corrected chi connectivity index (χ2v) is 8.91. The zero-order chi connectivity index (χ0) is 14.7. The lowest BCUT2D eigenvalue weighted by Gasteiger charge is -2.35. The van der Waals surface area contributed by atoms with Crippen molar-refractivity contribution in [2.75, 3.05) is 24.6 Å². The first-order chi connectivity index (χ1) is 10.2. The van der Waals surface area contributed by atoms with Gasteiger partial charge in [0.15, 0.2) is 0 Å². The average molecular weight is 323 g/mol. The van der Waals surface area contributed by atoms with E-state index in [2.05, 4.69) is 12.1 Å². The van der Waals surface area contributed by atoms with Gasteiger partial charge in [-0.1, -0.05) is 31.0 Å². The van der Waals surface area contributed by atoms with Gasteiger partial charge >= 0.3 is 0 Å². The van der Waals surface area contributed by atoms with Crippen molar-refractivity contribution in [3.63, 3.8) is 0 Å². The van der Waals surface area contributed by atoms with E-state index >= 15 is 0 Å². The van der Waals surface area contributed by atoms with Gasteiger partial charge in [0.25, 0.3) is 0 Å². The standard InChI is InChI=1S/C16H21NO2S2/c18-15(17-10-12-21(19)13-11-17)16(8-4-5-9-16)20-14-6-2-1-3-7-14/h1-3,6-7H,4-5,8-13H2. The van der Waals surface area contributed by atoms with Gasteiger partial charge in [0, 0.05) is 40.3 Å². The molecule has 3 nitrogen and oxygen atoms in total. The van der Waals surface area contributed by atoms with Crippen LogP contribution in [-0.2, 0) is 15.6 Å². The number of amides is 1. The van der Waals surface area contributed by atoms with Crippen LogP contribution in [0, 0.1) is 0 Å². The van der Waals surface area contributed by atoms with Gasteiger partial charge in [-0.25, -0.2) is 0 Å². The third-order valence-corrected chi connectivity index (χ3v) is 7.08. The molecule has 1 aliphatic carbocycles. The molecule has 1 aromatic rings. The fourth-order valence-electron chi connectivity index (χ4n) is 3.15. The van der Waals surface area contributed by atoms with E-state index in [9.17, 15) is 9.00 Å². The van der Waals surface area contributed by atoms with Gasteiger partial charge in [-0.15, -0.1) is 11.8 Å². The first-order valence-electron chi connectivity index (χ1n) is 7.58. The molecule has 0 N–H and O–H groups in total. The molecule has 0 unspecified atom stereocenters. The highest BCUT2D eigenvalue weighted by molar-refractivity contribution is 8.01. The second-order valence-electron chi connectivity index (χ2n) is 5.76. The fourth-order valence-corrected chi connectivity index (χ4v) is 5.65. The molecule has 1 aromatic carbocycles. The van der Waals surface area contributed by atoms with Crippen molar-refractivity contribution in [2.24, 2.45) is 0 Å². The molecule has 1 heterocycles. The Hall–Kier alpha value is -0.810. The van der Waals surface area contributed by atoms with E-state index in [-0.39, 0.29) is 10.7 Å². The Labute approximate surface area is 132 Å². The number of hydrogen-bond donors (Lipinski definition) is 0. The van der Waals surface area contributed by atoms with Crippen LogP contribution in [-0.4, -0.2) is 44.4 Å². The first-order valence-corrected chi connectivity index (χ1v) is 9.88. The van der Waals surface area contributed by atoms with Crippen molar-refractivity contribution >= 4 is 28.5 Å². The number of rotatable bonds is 3. The van der Waals surface area contributed by atoms with Gasteiger partial charge < -0.3 is 4.90 Å². The van der Waals surface area contributed by atoms with Crippen LogP contribution >= 0.6 is 11.8 Å². The Bertz CT molecular complexity index is 516. The number of benzene rings is 1. The quantitative estimate of drug-likeness (QED) is 0.858. The Morgan fingerprint density at radius 1 is 1.10 bits per heavy atom. The van der Waals surface area contributed by atoms with Gasteiger partial charge in [0.1, 0.15) is 0 Å². The lowest BCUT2D eigenvalue weighted by molar-refractivity contribution is -0.133. The Morgan fingerprint density at radius 3 is 2.33 bits per heavy atom. The second kappa shape index (κ2) is 6.53. The Kier molecular flexibility index (Phi) is 4.69. The molecule has 1 saturated heterocycles. The molecular formula is C16H21NO2S2. The summed E-state index contributed by atoms with van der Waals surface area (Å²) in [5, 5.41) is 0. The van der Waals surface area contributed by atoms with Crippen molar-refractivity contribution in [3.05, 3.63) is 30.3 Å². The molecule has 1 saturated carbocycles. The molecule has 0 aromatic heterocycles. The maximum absolute atomic E-state index is 13.0. The van der Waals surface area contributed by atoms with E-state index in [1.807, 2.05) is 23.1 Å². The lowest BCUT2D eigenvalue weighted by atomic mass is 10.1. The molecule has 0 spiro atoms. The van der Waals surface area contributed by atoms with Crippen LogP contribution < -0.4 is 0 Å². The van der Waals surface area contributed by atoms with E-state index in [0.29, 0.717) is 24.6 Å².